The van der Waals surface area contributed by atoms with Gasteiger partial charge in [0.25, 0.3) is 0 Å². The van der Waals surface area contributed by atoms with Gasteiger partial charge in [-0.1, -0.05) is 261 Å². The summed E-state index contributed by atoms with van der Waals surface area (Å²) in [5.74, 6) is 0. The summed E-state index contributed by atoms with van der Waals surface area (Å²) in [5, 5.41) is 27.8. The molecule has 0 aliphatic rings. The molecular formula is C65H141ClN10O5. The van der Waals surface area contributed by atoms with Gasteiger partial charge in [-0.3, -0.25) is 0 Å². The van der Waals surface area contributed by atoms with E-state index in [4.69, 9.17) is 83.3 Å². The molecule has 0 aliphatic carbocycles. The van der Waals surface area contributed by atoms with Crippen LogP contribution in [0.1, 0.15) is 225 Å². The lowest BCUT2D eigenvalue weighted by Gasteiger charge is -2.03. The van der Waals surface area contributed by atoms with E-state index in [1.54, 1.807) is 7.11 Å². The molecule has 0 radical (unpaired) electrons. The van der Waals surface area contributed by atoms with Gasteiger partial charge in [0.05, 0.1) is 39.6 Å². The van der Waals surface area contributed by atoms with Crippen molar-refractivity contribution in [2.75, 3.05) is 119 Å². The molecule has 0 aliphatic heterocycles. The maximum atomic E-state index is 8.19. The van der Waals surface area contributed by atoms with Crippen LogP contribution in [0.3, 0.4) is 0 Å². The van der Waals surface area contributed by atoms with Crippen LogP contribution in [0.2, 0.25) is 5.02 Å². The first kappa shape index (κ1) is 92.8. The Morgan fingerprint density at radius 3 is 1.00 bits per heavy atom. The number of aliphatic hydroxyl groups excluding tert-OH is 3. The summed E-state index contributed by atoms with van der Waals surface area (Å²) in [6.07, 6.45) is 44.6. The molecule has 2 aromatic rings. The van der Waals surface area contributed by atoms with Gasteiger partial charge in [0.1, 0.15) is 0 Å². The third kappa shape index (κ3) is 110. The number of nitrogens with two attached hydrogens (primary N) is 9. The van der Waals surface area contributed by atoms with Gasteiger partial charge in [-0.15, -0.1) is 0 Å². The molecule has 2 rings (SSSR count). The molecule has 22 N–H and O–H groups in total. The fourth-order valence-electron chi connectivity index (χ4n) is 7.37. The van der Waals surface area contributed by atoms with Gasteiger partial charge in [-0.2, -0.15) is 0 Å². The first-order valence-electron chi connectivity index (χ1n) is 32.4. The molecule has 0 atom stereocenters. The Morgan fingerprint density at radius 1 is 0.370 bits per heavy atom. The molecule has 0 fully saturated rings. The lowest BCUT2D eigenvalue weighted by atomic mass is 10.0. The molecule has 488 valence electrons. The number of ether oxygens (including phenoxy) is 2. The van der Waals surface area contributed by atoms with Crippen LogP contribution >= 0.6 is 11.6 Å². The van der Waals surface area contributed by atoms with Gasteiger partial charge in [-0.25, -0.2) is 0 Å². The minimum absolute atomic E-state index is 0.0833. The van der Waals surface area contributed by atoms with E-state index < -0.39 is 0 Å². The number of benzene rings is 2. The van der Waals surface area contributed by atoms with E-state index in [1.807, 2.05) is 49.4 Å². The average Bonchev–Trinajstić information content (AvgIpc) is 3.48. The van der Waals surface area contributed by atoms with Gasteiger partial charge in [0.15, 0.2) is 0 Å². The van der Waals surface area contributed by atoms with Crippen molar-refractivity contribution in [3.8, 4) is 0 Å². The highest BCUT2D eigenvalue weighted by Gasteiger charge is 1.97. The van der Waals surface area contributed by atoms with Crippen LogP contribution < -0.4 is 56.9 Å². The van der Waals surface area contributed by atoms with Gasteiger partial charge in [0.2, 0.25) is 0 Å². The molecule has 0 aromatic heterocycles. The Balaban J connectivity index is -0.000000161. The van der Waals surface area contributed by atoms with Gasteiger partial charge >= 0.3 is 0 Å². The summed E-state index contributed by atoms with van der Waals surface area (Å²) in [5.41, 5.74) is 49.0. The van der Waals surface area contributed by atoms with E-state index in [1.165, 1.54) is 198 Å². The van der Waals surface area contributed by atoms with Gasteiger partial charge < -0.3 is 81.7 Å². The quantitative estimate of drug-likeness (QED) is 0.0274. The largest absolute Gasteiger partial charge is 0.395 e. The molecule has 15 nitrogen and oxygen atoms in total. The highest BCUT2D eigenvalue weighted by atomic mass is 35.5. The Kier molecular flexibility index (Phi) is 115. The normalized spacial score (nSPS) is 9.89. The lowest BCUT2D eigenvalue weighted by Crippen LogP contribution is -2.24. The maximum Gasteiger partial charge on any atom is 0.0698 e. The lowest BCUT2D eigenvalue weighted by molar-refractivity contribution is 0.0976. The Hall–Kier alpha value is -1.87. The van der Waals surface area contributed by atoms with E-state index in [9.17, 15) is 0 Å². The summed E-state index contributed by atoms with van der Waals surface area (Å²) in [4.78, 5) is 0. The number of halogens is 1. The number of rotatable bonds is 45. The fourth-order valence-corrected chi connectivity index (χ4v) is 7.60. The molecule has 81 heavy (non-hydrogen) atoms. The first-order chi connectivity index (χ1) is 39.7. The smallest absolute Gasteiger partial charge is 0.0698 e. The third-order valence-corrected chi connectivity index (χ3v) is 12.2. The average molecular weight is 1180 g/mol. The van der Waals surface area contributed by atoms with Crippen molar-refractivity contribution < 1.29 is 24.8 Å². The van der Waals surface area contributed by atoms with Crippen LogP contribution in [-0.4, -0.2) is 134 Å². The molecule has 0 saturated carbocycles. The van der Waals surface area contributed by atoms with Crippen molar-refractivity contribution in [2.24, 2.45) is 51.6 Å². The molecule has 0 spiro atoms. The van der Waals surface area contributed by atoms with Crippen molar-refractivity contribution in [3.05, 3.63) is 70.7 Å². The topological polar surface area (TPSA) is 325 Å². The number of unbranched alkanes of at least 4 members (excludes halogenated alkanes) is 28. The number of hydrogen-bond acceptors (Lipinski definition) is 15. The van der Waals surface area contributed by atoms with E-state index in [2.05, 4.69) is 36.0 Å². The highest BCUT2D eigenvalue weighted by Crippen LogP contribution is 2.16. The summed E-state index contributed by atoms with van der Waals surface area (Å²) < 4.78 is 9.32. The monoisotopic (exact) mass is 1180 g/mol. The van der Waals surface area contributed by atoms with Crippen molar-refractivity contribution in [1.82, 2.24) is 5.32 Å². The third-order valence-electron chi connectivity index (χ3n) is 11.8. The van der Waals surface area contributed by atoms with Crippen molar-refractivity contribution >= 4 is 11.6 Å². The van der Waals surface area contributed by atoms with Gasteiger partial charge in [-0.05, 0) is 75.6 Å². The molecule has 2 aromatic carbocycles. The summed E-state index contributed by atoms with van der Waals surface area (Å²) >= 11 is 5.85. The van der Waals surface area contributed by atoms with Crippen molar-refractivity contribution in [3.63, 3.8) is 0 Å². The van der Waals surface area contributed by atoms with Crippen LogP contribution in [0.25, 0.3) is 0 Å². The fraction of sp³-hybridized carbons (Fsp3) is 0.815. The number of hydrogen-bond donors (Lipinski definition) is 13. The summed E-state index contributed by atoms with van der Waals surface area (Å²) in [6, 6.07) is 18.0. The number of nitrogens with one attached hydrogen (secondary N) is 1. The number of methoxy groups -OCH3 is 1. The van der Waals surface area contributed by atoms with Crippen LogP contribution in [0.5, 0.6) is 0 Å². The van der Waals surface area contributed by atoms with Crippen LogP contribution in [0.15, 0.2) is 54.6 Å². The van der Waals surface area contributed by atoms with Crippen LogP contribution in [0, 0.1) is 0 Å². The summed E-state index contributed by atoms with van der Waals surface area (Å²) in [7, 11) is 1.63. The minimum Gasteiger partial charge on any atom is -0.395 e. The molecular weight excluding hydrogens is 1040 g/mol. The predicted molar refractivity (Wildman–Crippen MR) is 359 cm³/mol. The minimum atomic E-state index is 0.0833. The molecule has 0 saturated heterocycles. The predicted octanol–water partition coefficient (Wildman–Crippen LogP) is 10.6. The van der Waals surface area contributed by atoms with Gasteiger partial charge in [0, 0.05) is 51.4 Å². The van der Waals surface area contributed by atoms with Crippen LogP contribution in [0.4, 0.5) is 0 Å². The Labute approximate surface area is 506 Å². The molecule has 0 amide bonds. The van der Waals surface area contributed by atoms with E-state index in [0.29, 0.717) is 59.1 Å². The van der Waals surface area contributed by atoms with Crippen molar-refractivity contribution in [2.45, 2.75) is 226 Å². The number of aliphatic hydroxyl groups is 3. The van der Waals surface area contributed by atoms with Crippen LogP contribution in [-0.2, 0) is 22.3 Å². The standard InChI is InChI=1S/C18H39N.C16H35N.C8H10ClN.C8H11N.C4H12N2O.C4H11NO2.C3H9NO.C2H7NO.C2H7N/c1-2-3-4-5-6-7-8-9-10-11-12-13-14-15-16-17-18-19;1-2-3-4-5-6-7-8-9-10-11-12-13-14-15-16-17;9-8-4-2-1-3-7(8)5-6-10;9-7-6-8-4-2-1-3-5-8;5-1-2-6-3-4-7;5-1-3-7-4-2-6;1-5-3-2-4;3-1-2-4;1-2-3/h2-19H2,1H3;2-17H2,1H3;1-4H,5-6,10H2;1-5H,6-7,9H2;6-7H,1-5H2;6H,1-5H2;2-4H2,1H3;4H,1-3H2;2-3H2,1H3. The SMILES string of the molecule is CCCCCCCCCCCCCCCCCCN.CCCCCCCCCCCCCCCCN.CCN.COCCN.NCCNCCO.NCCO.NCCOCCO.NCCc1ccccc1.NCCc1ccccc1Cl. The molecule has 0 heterocycles. The molecule has 0 bridgehead atoms. The zero-order valence-electron chi connectivity index (χ0n) is 53.6. The highest BCUT2D eigenvalue weighted by molar-refractivity contribution is 6.31. The van der Waals surface area contributed by atoms with E-state index in [-0.39, 0.29) is 19.8 Å². The zero-order chi connectivity index (χ0) is 61.9. The Morgan fingerprint density at radius 2 is 0.728 bits per heavy atom. The van der Waals surface area contributed by atoms with Crippen molar-refractivity contribution in [1.29, 1.82) is 0 Å². The second-order valence-corrected chi connectivity index (χ2v) is 20.1. The first-order valence-corrected chi connectivity index (χ1v) is 32.7. The second-order valence-electron chi connectivity index (χ2n) is 19.7. The van der Waals surface area contributed by atoms with E-state index >= 15 is 0 Å². The van der Waals surface area contributed by atoms with E-state index in [0.717, 1.165) is 56.2 Å². The second kappa shape index (κ2) is 100. The maximum absolute atomic E-state index is 8.19. The summed E-state index contributed by atoms with van der Waals surface area (Å²) in [6.45, 7) is 16.0. The molecule has 16 heteroatoms. The molecule has 0 unspecified atom stereocenters. The Bertz CT molecular complexity index is 1190. The zero-order valence-corrected chi connectivity index (χ0v) is 54.3.